The van der Waals surface area contributed by atoms with Gasteiger partial charge < -0.3 is 15.8 Å². The molecule has 0 spiro atoms. The number of aryl methyl sites for hydroxylation is 2. The number of hydrogen-bond acceptors (Lipinski definition) is 6. The summed E-state index contributed by atoms with van der Waals surface area (Å²) in [6.07, 6.45) is 4.30. The number of nitrogens with one attached hydrogen (secondary N) is 1. The molecule has 0 fully saturated rings. The number of carbonyl (C=O) groups excluding carboxylic acids is 3. The van der Waals surface area contributed by atoms with Crippen LogP contribution in [0.25, 0.3) is 0 Å². The number of thioether (sulfide) groups is 1. The van der Waals surface area contributed by atoms with Crippen molar-refractivity contribution in [2.45, 2.75) is 30.6 Å². The van der Waals surface area contributed by atoms with E-state index < -0.39 is 17.8 Å². The van der Waals surface area contributed by atoms with Gasteiger partial charge in [0.05, 0.1) is 11.4 Å². The number of para-hydroxylation sites is 1. The number of fused-ring (bicyclic) bond motifs is 1. The third-order valence-corrected chi connectivity index (χ3v) is 6.38. The van der Waals surface area contributed by atoms with Crippen molar-refractivity contribution < 1.29 is 19.1 Å². The standard InChI is InChI=1S/C19H20N2O4S2/c20-17(22)11-26-15-8-4-2-6-13(15)21-18(23)10-25-19(24)16-9-12-5-1-3-7-14(12)27-16/h2,4,6,8-9H,1,3,5,7,10-11H2,(H2,20,22)(H,21,23). The van der Waals surface area contributed by atoms with Gasteiger partial charge in [0.15, 0.2) is 6.61 Å². The lowest BCUT2D eigenvalue weighted by atomic mass is 9.99. The fourth-order valence-corrected chi connectivity index (χ4v) is 4.72. The van der Waals surface area contributed by atoms with Crippen LogP contribution in [-0.2, 0) is 27.2 Å². The lowest BCUT2D eigenvalue weighted by molar-refractivity contribution is -0.119. The topological polar surface area (TPSA) is 98.5 Å². The summed E-state index contributed by atoms with van der Waals surface area (Å²) in [5.41, 5.74) is 6.94. The van der Waals surface area contributed by atoms with Gasteiger partial charge in [-0.3, -0.25) is 9.59 Å². The Hall–Kier alpha value is -2.32. The molecule has 2 amide bonds. The number of thiophene rings is 1. The molecule has 27 heavy (non-hydrogen) atoms. The average molecular weight is 405 g/mol. The summed E-state index contributed by atoms with van der Waals surface area (Å²) < 4.78 is 5.16. The lowest BCUT2D eigenvalue weighted by Gasteiger charge is -2.10. The molecule has 1 heterocycles. The van der Waals surface area contributed by atoms with Gasteiger partial charge >= 0.3 is 5.97 Å². The second-order valence-corrected chi connectivity index (χ2v) is 8.30. The van der Waals surface area contributed by atoms with Crippen molar-refractivity contribution in [3.8, 4) is 0 Å². The van der Waals surface area contributed by atoms with Crippen molar-refractivity contribution in [2.75, 3.05) is 17.7 Å². The number of esters is 1. The predicted octanol–water partition coefficient (Wildman–Crippen LogP) is 3.00. The maximum absolute atomic E-state index is 12.2. The molecule has 6 nitrogen and oxygen atoms in total. The van der Waals surface area contributed by atoms with E-state index in [0.717, 1.165) is 30.6 Å². The maximum atomic E-state index is 12.2. The number of anilines is 1. The molecule has 0 atom stereocenters. The van der Waals surface area contributed by atoms with Crippen LogP contribution in [0, 0.1) is 0 Å². The Balaban J connectivity index is 1.54. The van der Waals surface area contributed by atoms with Gasteiger partial charge in [0.1, 0.15) is 4.88 Å². The molecule has 8 heteroatoms. The van der Waals surface area contributed by atoms with E-state index in [0.29, 0.717) is 10.6 Å². The first-order valence-electron chi connectivity index (χ1n) is 8.61. The summed E-state index contributed by atoms with van der Waals surface area (Å²) in [7, 11) is 0. The second-order valence-electron chi connectivity index (χ2n) is 6.14. The number of amides is 2. The molecule has 0 unspecified atom stereocenters. The summed E-state index contributed by atoms with van der Waals surface area (Å²) in [4.78, 5) is 37.8. The van der Waals surface area contributed by atoms with Gasteiger partial charge in [0.2, 0.25) is 5.91 Å². The molecular weight excluding hydrogens is 384 g/mol. The zero-order chi connectivity index (χ0) is 19.2. The molecule has 142 valence electrons. The molecule has 1 aliphatic rings. The molecule has 1 aromatic carbocycles. The largest absolute Gasteiger partial charge is 0.451 e. The zero-order valence-corrected chi connectivity index (χ0v) is 16.3. The van der Waals surface area contributed by atoms with Crippen molar-refractivity contribution in [1.82, 2.24) is 0 Å². The highest BCUT2D eigenvalue weighted by atomic mass is 32.2. The maximum Gasteiger partial charge on any atom is 0.348 e. The summed E-state index contributed by atoms with van der Waals surface area (Å²) in [6.45, 7) is -0.365. The normalized spacial score (nSPS) is 12.9. The Morgan fingerprint density at radius 2 is 1.96 bits per heavy atom. The van der Waals surface area contributed by atoms with E-state index in [9.17, 15) is 14.4 Å². The zero-order valence-electron chi connectivity index (χ0n) is 14.7. The van der Waals surface area contributed by atoms with Crippen molar-refractivity contribution >= 4 is 46.6 Å². The lowest BCUT2D eigenvalue weighted by Crippen LogP contribution is -2.21. The molecule has 3 N–H and O–H groups in total. The van der Waals surface area contributed by atoms with E-state index in [4.69, 9.17) is 10.5 Å². The van der Waals surface area contributed by atoms with E-state index in [1.807, 2.05) is 6.07 Å². The van der Waals surface area contributed by atoms with E-state index in [-0.39, 0.29) is 12.4 Å². The minimum absolute atomic E-state index is 0.116. The Kier molecular flexibility index (Phi) is 6.52. The minimum Gasteiger partial charge on any atom is -0.451 e. The van der Waals surface area contributed by atoms with Crippen LogP contribution in [0.3, 0.4) is 0 Å². The molecule has 0 saturated heterocycles. The Morgan fingerprint density at radius 1 is 1.19 bits per heavy atom. The molecule has 0 saturated carbocycles. The van der Waals surface area contributed by atoms with Crippen LogP contribution in [0.15, 0.2) is 35.2 Å². The number of primary amides is 1. The van der Waals surface area contributed by atoms with Gasteiger partial charge in [-0.2, -0.15) is 0 Å². The van der Waals surface area contributed by atoms with Crippen molar-refractivity contribution in [2.24, 2.45) is 5.73 Å². The van der Waals surface area contributed by atoms with Crippen LogP contribution in [0.4, 0.5) is 5.69 Å². The van der Waals surface area contributed by atoms with Gasteiger partial charge in [0, 0.05) is 9.77 Å². The number of carbonyl (C=O) groups is 3. The highest BCUT2D eigenvalue weighted by molar-refractivity contribution is 8.00. The van der Waals surface area contributed by atoms with Gasteiger partial charge in [-0.05, 0) is 49.4 Å². The fourth-order valence-electron chi connectivity index (χ4n) is 2.82. The van der Waals surface area contributed by atoms with Gasteiger partial charge in [0.25, 0.3) is 5.91 Å². The summed E-state index contributed by atoms with van der Waals surface area (Å²) in [5, 5.41) is 2.70. The molecule has 1 aromatic heterocycles. The van der Waals surface area contributed by atoms with Gasteiger partial charge in [-0.25, -0.2) is 4.79 Å². The first kappa shape index (κ1) is 19.4. The fraction of sp³-hybridized carbons (Fsp3) is 0.316. The predicted molar refractivity (Wildman–Crippen MR) is 106 cm³/mol. The van der Waals surface area contributed by atoms with Crippen LogP contribution >= 0.6 is 23.1 Å². The third kappa shape index (κ3) is 5.33. The first-order valence-corrected chi connectivity index (χ1v) is 10.4. The number of rotatable bonds is 7. The van der Waals surface area contributed by atoms with E-state index >= 15 is 0 Å². The first-order chi connectivity index (χ1) is 13.0. The highest BCUT2D eigenvalue weighted by Gasteiger charge is 2.19. The molecule has 0 radical (unpaired) electrons. The summed E-state index contributed by atoms with van der Waals surface area (Å²) in [6, 6.07) is 8.96. The quantitative estimate of drug-likeness (QED) is 0.546. The van der Waals surface area contributed by atoms with Crippen molar-refractivity contribution in [1.29, 1.82) is 0 Å². The van der Waals surface area contributed by atoms with Crippen molar-refractivity contribution in [3.05, 3.63) is 45.6 Å². The summed E-state index contributed by atoms with van der Waals surface area (Å²) >= 11 is 2.70. The third-order valence-electron chi connectivity index (χ3n) is 4.06. The Morgan fingerprint density at radius 3 is 2.74 bits per heavy atom. The van der Waals surface area contributed by atoms with Crippen molar-refractivity contribution in [3.63, 3.8) is 0 Å². The van der Waals surface area contributed by atoms with Crippen LogP contribution < -0.4 is 11.1 Å². The highest BCUT2D eigenvalue weighted by Crippen LogP contribution is 2.30. The Bertz CT molecular complexity index is 840. The van der Waals surface area contributed by atoms with Crippen LogP contribution in [0.1, 0.15) is 33.0 Å². The van der Waals surface area contributed by atoms with Crippen LogP contribution in [0.5, 0.6) is 0 Å². The number of ether oxygens (including phenoxy) is 1. The second kappa shape index (κ2) is 9.05. The average Bonchev–Trinajstić information content (AvgIpc) is 3.09. The monoisotopic (exact) mass is 404 g/mol. The van der Waals surface area contributed by atoms with E-state index in [2.05, 4.69) is 5.32 Å². The Labute approximate surface area is 165 Å². The summed E-state index contributed by atoms with van der Waals surface area (Å²) in [5.74, 6) is -1.23. The van der Waals surface area contributed by atoms with E-state index in [1.54, 1.807) is 24.3 Å². The smallest absolute Gasteiger partial charge is 0.348 e. The molecule has 1 aliphatic carbocycles. The molecular formula is C19H20N2O4S2. The molecule has 0 aliphatic heterocycles. The van der Waals surface area contributed by atoms with Gasteiger partial charge in [-0.1, -0.05) is 12.1 Å². The number of hydrogen-bond donors (Lipinski definition) is 2. The number of nitrogens with two attached hydrogens (primary N) is 1. The molecule has 2 aromatic rings. The van der Waals surface area contributed by atoms with Crippen LogP contribution in [-0.4, -0.2) is 30.1 Å². The van der Waals surface area contributed by atoms with Crippen LogP contribution in [0.2, 0.25) is 0 Å². The molecule has 0 bridgehead atoms. The minimum atomic E-state index is -0.471. The molecule has 3 rings (SSSR count). The van der Waals surface area contributed by atoms with E-state index in [1.165, 1.54) is 33.5 Å². The SMILES string of the molecule is NC(=O)CSc1ccccc1NC(=O)COC(=O)c1cc2c(s1)CCCC2. The van der Waals surface area contributed by atoms with Gasteiger partial charge in [-0.15, -0.1) is 23.1 Å². The number of benzene rings is 1.